The van der Waals surface area contributed by atoms with Crippen molar-refractivity contribution >= 4 is 12.0 Å². The van der Waals surface area contributed by atoms with E-state index in [-0.39, 0.29) is 12.6 Å². The van der Waals surface area contributed by atoms with Crippen LogP contribution < -0.4 is 10.6 Å². The zero-order valence-electron chi connectivity index (χ0n) is 12.1. The van der Waals surface area contributed by atoms with Gasteiger partial charge in [0.25, 0.3) is 0 Å². The minimum atomic E-state index is -1.10. The topological polar surface area (TPSA) is 87.7 Å². The van der Waals surface area contributed by atoms with Gasteiger partial charge >= 0.3 is 12.0 Å². The number of rotatable bonds is 10. The average Bonchev–Trinajstić information content (AvgIpc) is 2.34. The van der Waals surface area contributed by atoms with E-state index < -0.39 is 18.0 Å². The summed E-state index contributed by atoms with van der Waals surface area (Å²) >= 11 is 0. The maximum absolute atomic E-state index is 11.6. The first-order chi connectivity index (χ1) is 9.01. The number of carbonyl (C=O) groups is 2. The lowest BCUT2D eigenvalue weighted by molar-refractivity contribution is -0.140. The van der Waals surface area contributed by atoms with Gasteiger partial charge in [-0.25, -0.2) is 9.59 Å². The third kappa shape index (κ3) is 9.30. The maximum Gasteiger partial charge on any atom is 0.328 e. The van der Waals surface area contributed by atoms with Crippen molar-refractivity contribution < 1.29 is 19.4 Å². The molecular formula is C13H26N2O4. The molecule has 0 fully saturated rings. The second-order valence-corrected chi connectivity index (χ2v) is 4.71. The van der Waals surface area contributed by atoms with Crippen molar-refractivity contribution in [2.24, 2.45) is 0 Å². The predicted molar refractivity (Wildman–Crippen MR) is 73.2 cm³/mol. The minimum absolute atomic E-state index is 0.0360. The molecule has 0 spiro atoms. The minimum Gasteiger partial charge on any atom is -0.480 e. The number of methoxy groups -OCH3 is 1. The van der Waals surface area contributed by atoms with Crippen LogP contribution in [0.15, 0.2) is 0 Å². The Morgan fingerprint density at radius 1 is 1.21 bits per heavy atom. The number of nitrogens with one attached hydrogen (secondary N) is 2. The average molecular weight is 274 g/mol. The molecule has 0 saturated heterocycles. The highest BCUT2D eigenvalue weighted by atomic mass is 16.5. The Balaban J connectivity index is 3.90. The first kappa shape index (κ1) is 17.7. The molecule has 0 aliphatic heterocycles. The van der Waals surface area contributed by atoms with Crippen LogP contribution in [0.2, 0.25) is 0 Å². The Labute approximate surface area is 114 Å². The summed E-state index contributed by atoms with van der Waals surface area (Å²) in [4.78, 5) is 22.4. The van der Waals surface area contributed by atoms with Gasteiger partial charge in [0.15, 0.2) is 6.04 Å². The van der Waals surface area contributed by atoms with E-state index in [0.29, 0.717) is 0 Å². The van der Waals surface area contributed by atoms with Crippen LogP contribution in [0.1, 0.15) is 46.0 Å². The third-order valence-corrected chi connectivity index (χ3v) is 2.80. The zero-order valence-corrected chi connectivity index (χ0v) is 12.1. The van der Waals surface area contributed by atoms with Crippen molar-refractivity contribution in [1.82, 2.24) is 10.6 Å². The van der Waals surface area contributed by atoms with Crippen LogP contribution in [0.4, 0.5) is 4.79 Å². The number of carboxylic acid groups (broad SMARTS) is 1. The quantitative estimate of drug-likeness (QED) is 0.530. The summed E-state index contributed by atoms with van der Waals surface area (Å²) in [5.74, 6) is -1.10. The van der Waals surface area contributed by atoms with E-state index >= 15 is 0 Å². The highest BCUT2D eigenvalue weighted by Gasteiger charge is 2.20. The normalized spacial score (nSPS) is 13.6. The molecule has 0 bridgehead atoms. The number of unbranched alkanes of at least 4 members (excludes halogenated alkanes) is 3. The SMILES string of the molecule is CCCCCCC(C)NC(=O)NC(COC)C(=O)O. The summed E-state index contributed by atoms with van der Waals surface area (Å²) in [7, 11) is 1.39. The van der Waals surface area contributed by atoms with E-state index in [1.807, 2.05) is 6.92 Å². The van der Waals surface area contributed by atoms with Gasteiger partial charge in [-0.1, -0.05) is 32.6 Å². The van der Waals surface area contributed by atoms with E-state index in [1.165, 1.54) is 20.0 Å². The molecule has 0 radical (unpaired) electrons. The number of hydrogen-bond acceptors (Lipinski definition) is 3. The van der Waals surface area contributed by atoms with Crippen LogP contribution >= 0.6 is 0 Å². The molecule has 0 aliphatic rings. The fourth-order valence-corrected chi connectivity index (χ4v) is 1.71. The fourth-order valence-electron chi connectivity index (χ4n) is 1.71. The molecule has 2 atom stereocenters. The molecule has 0 aromatic heterocycles. The largest absolute Gasteiger partial charge is 0.480 e. The third-order valence-electron chi connectivity index (χ3n) is 2.80. The first-order valence-electron chi connectivity index (χ1n) is 6.80. The number of carbonyl (C=O) groups excluding carboxylic acids is 1. The predicted octanol–water partition coefficient (Wildman–Crippen LogP) is 1.74. The van der Waals surface area contributed by atoms with E-state index in [4.69, 9.17) is 9.84 Å². The van der Waals surface area contributed by atoms with E-state index in [9.17, 15) is 9.59 Å². The lowest BCUT2D eigenvalue weighted by Gasteiger charge is -2.17. The second kappa shape index (κ2) is 10.6. The fraction of sp³-hybridized carbons (Fsp3) is 0.846. The Kier molecular flexibility index (Phi) is 9.88. The summed E-state index contributed by atoms with van der Waals surface area (Å²) in [6.07, 6.45) is 5.50. The number of amides is 2. The Morgan fingerprint density at radius 3 is 2.42 bits per heavy atom. The van der Waals surface area contributed by atoms with Crippen LogP contribution in [0.5, 0.6) is 0 Å². The van der Waals surface area contributed by atoms with Gasteiger partial charge in [-0.3, -0.25) is 0 Å². The van der Waals surface area contributed by atoms with Gasteiger partial charge in [0.1, 0.15) is 0 Å². The zero-order chi connectivity index (χ0) is 14.7. The number of ether oxygens (including phenoxy) is 1. The summed E-state index contributed by atoms with van der Waals surface area (Å²) in [5.41, 5.74) is 0. The van der Waals surface area contributed by atoms with E-state index in [2.05, 4.69) is 17.6 Å². The molecular weight excluding hydrogens is 248 g/mol. The highest BCUT2D eigenvalue weighted by molar-refractivity contribution is 5.82. The van der Waals surface area contributed by atoms with Crippen molar-refractivity contribution in [2.75, 3.05) is 13.7 Å². The molecule has 0 saturated carbocycles. The molecule has 6 nitrogen and oxygen atoms in total. The molecule has 0 rings (SSSR count). The van der Waals surface area contributed by atoms with Gasteiger partial charge < -0.3 is 20.5 Å². The number of hydrogen-bond donors (Lipinski definition) is 3. The lowest BCUT2D eigenvalue weighted by atomic mass is 10.1. The molecule has 2 unspecified atom stereocenters. The molecule has 19 heavy (non-hydrogen) atoms. The van der Waals surface area contributed by atoms with Gasteiger partial charge in [-0.2, -0.15) is 0 Å². The first-order valence-corrected chi connectivity index (χ1v) is 6.80. The van der Waals surface area contributed by atoms with Gasteiger partial charge in [0.2, 0.25) is 0 Å². The molecule has 112 valence electrons. The molecule has 2 amide bonds. The molecule has 3 N–H and O–H groups in total. The van der Waals surface area contributed by atoms with Crippen molar-refractivity contribution in [1.29, 1.82) is 0 Å². The van der Waals surface area contributed by atoms with E-state index in [1.54, 1.807) is 0 Å². The molecule has 0 heterocycles. The van der Waals surface area contributed by atoms with Crippen molar-refractivity contribution in [3.8, 4) is 0 Å². The molecule has 0 aromatic rings. The lowest BCUT2D eigenvalue weighted by Crippen LogP contribution is -2.50. The summed E-state index contributed by atoms with van der Waals surface area (Å²) in [5, 5.41) is 14.0. The highest BCUT2D eigenvalue weighted by Crippen LogP contribution is 2.05. The smallest absolute Gasteiger partial charge is 0.328 e. The maximum atomic E-state index is 11.6. The number of carboxylic acids is 1. The van der Waals surface area contributed by atoms with E-state index in [0.717, 1.165) is 19.3 Å². The van der Waals surface area contributed by atoms with Crippen molar-refractivity contribution in [3.05, 3.63) is 0 Å². The standard InChI is InChI=1S/C13H26N2O4/c1-4-5-6-7-8-10(2)14-13(18)15-11(9-19-3)12(16)17/h10-11H,4-9H2,1-3H3,(H,16,17)(H2,14,15,18). The van der Waals surface area contributed by atoms with Crippen molar-refractivity contribution in [3.63, 3.8) is 0 Å². The summed E-state index contributed by atoms with van der Waals surface area (Å²) < 4.78 is 4.74. The number of aliphatic carboxylic acids is 1. The van der Waals surface area contributed by atoms with Crippen LogP contribution in [0.3, 0.4) is 0 Å². The second-order valence-electron chi connectivity index (χ2n) is 4.71. The van der Waals surface area contributed by atoms with Crippen LogP contribution in [-0.2, 0) is 9.53 Å². The van der Waals surface area contributed by atoms with Gasteiger partial charge in [0, 0.05) is 13.2 Å². The Hall–Kier alpha value is -1.30. The Bertz CT molecular complexity index is 271. The monoisotopic (exact) mass is 274 g/mol. The van der Waals surface area contributed by atoms with Crippen molar-refractivity contribution in [2.45, 2.75) is 58.0 Å². The van der Waals surface area contributed by atoms with Crippen LogP contribution in [-0.4, -0.2) is 42.9 Å². The van der Waals surface area contributed by atoms with Gasteiger partial charge in [-0.05, 0) is 13.3 Å². The molecule has 6 heteroatoms. The number of urea groups is 1. The molecule has 0 aromatic carbocycles. The summed E-state index contributed by atoms with van der Waals surface area (Å²) in [6.45, 7) is 4.02. The Morgan fingerprint density at radius 2 is 1.89 bits per heavy atom. The van der Waals surface area contributed by atoms with Crippen LogP contribution in [0.25, 0.3) is 0 Å². The van der Waals surface area contributed by atoms with Gasteiger partial charge in [-0.15, -0.1) is 0 Å². The van der Waals surface area contributed by atoms with Gasteiger partial charge in [0.05, 0.1) is 6.61 Å². The molecule has 0 aliphatic carbocycles. The summed E-state index contributed by atoms with van der Waals surface area (Å²) in [6, 6.07) is -1.45. The van der Waals surface area contributed by atoms with Crippen LogP contribution in [0, 0.1) is 0 Å².